The van der Waals surface area contributed by atoms with Crippen molar-refractivity contribution in [1.29, 1.82) is 0 Å². The quantitative estimate of drug-likeness (QED) is 0.378. The van der Waals surface area contributed by atoms with Gasteiger partial charge in [0.25, 0.3) is 11.5 Å². The highest BCUT2D eigenvalue weighted by molar-refractivity contribution is 6.20. The van der Waals surface area contributed by atoms with Gasteiger partial charge in [-0.15, -0.1) is 11.6 Å². The van der Waals surface area contributed by atoms with E-state index in [0.29, 0.717) is 27.9 Å². The first-order valence-electron chi connectivity index (χ1n) is 9.45. The van der Waals surface area contributed by atoms with Gasteiger partial charge < -0.3 is 10.1 Å². The minimum absolute atomic E-state index is 0.0120. The molecule has 3 heterocycles. The Morgan fingerprint density at radius 3 is 2.81 bits per heavy atom. The van der Waals surface area contributed by atoms with Crippen LogP contribution < -0.4 is 15.6 Å². The Labute approximate surface area is 181 Å². The molecule has 1 unspecified atom stereocenters. The smallest absolute Gasteiger partial charge is 0.270 e. The van der Waals surface area contributed by atoms with Gasteiger partial charge in [-0.3, -0.25) is 14.0 Å². The number of hydrogen-bond acceptors (Lipinski definition) is 5. The summed E-state index contributed by atoms with van der Waals surface area (Å²) in [5, 5.41) is 2.87. The highest BCUT2D eigenvalue weighted by atomic mass is 35.5. The number of amides is 1. The fourth-order valence-electron chi connectivity index (χ4n) is 3.29. The zero-order valence-corrected chi connectivity index (χ0v) is 17.5. The van der Waals surface area contributed by atoms with Gasteiger partial charge in [0.15, 0.2) is 0 Å². The van der Waals surface area contributed by atoms with E-state index in [1.807, 2.05) is 0 Å². The normalized spacial score (nSPS) is 12.1. The van der Waals surface area contributed by atoms with Crippen molar-refractivity contribution in [3.8, 4) is 5.75 Å². The molecule has 0 aliphatic heterocycles. The van der Waals surface area contributed by atoms with Crippen molar-refractivity contribution in [3.63, 3.8) is 0 Å². The summed E-state index contributed by atoms with van der Waals surface area (Å²) in [6.45, 7) is 1.77. The van der Waals surface area contributed by atoms with Crippen LogP contribution in [0, 0.1) is 5.95 Å². The molecule has 0 bridgehead atoms. The lowest BCUT2D eigenvalue weighted by Crippen LogP contribution is -2.27. The second-order valence-corrected chi connectivity index (χ2v) is 7.59. The van der Waals surface area contributed by atoms with Crippen molar-refractivity contribution in [3.05, 3.63) is 81.8 Å². The molecular formula is C22H18ClFN4O3. The van der Waals surface area contributed by atoms with Crippen LogP contribution in [0.1, 0.15) is 33.9 Å². The van der Waals surface area contributed by atoms with Gasteiger partial charge in [0.1, 0.15) is 17.1 Å². The molecular weight excluding hydrogens is 423 g/mol. The fraction of sp³-hybridized carbons (Fsp3) is 0.182. The second kappa shape index (κ2) is 8.31. The van der Waals surface area contributed by atoms with Crippen molar-refractivity contribution >= 4 is 34.1 Å². The molecule has 9 heteroatoms. The molecule has 1 aromatic carbocycles. The van der Waals surface area contributed by atoms with Crippen LogP contribution in [0.5, 0.6) is 5.75 Å². The van der Waals surface area contributed by atoms with E-state index in [0.717, 1.165) is 0 Å². The van der Waals surface area contributed by atoms with Gasteiger partial charge in [-0.1, -0.05) is 6.07 Å². The average molecular weight is 441 g/mol. The molecule has 0 saturated carbocycles. The lowest BCUT2D eigenvalue weighted by molar-refractivity contribution is 0.0945. The van der Waals surface area contributed by atoms with Gasteiger partial charge in [-0.05, 0) is 31.2 Å². The first-order chi connectivity index (χ1) is 14.9. The van der Waals surface area contributed by atoms with E-state index in [1.54, 1.807) is 49.5 Å². The van der Waals surface area contributed by atoms with Crippen LogP contribution in [-0.2, 0) is 6.54 Å². The summed E-state index contributed by atoms with van der Waals surface area (Å²) < 4.78 is 20.9. The number of aromatic nitrogens is 3. The molecule has 0 aliphatic rings. The number of halogens is 2. The Morgan fingerprint density at radius 2 is 2.06 bits per heavy atom. The Bertz CT molecular complexity index is 1370. The zero-order valence-electron chi connectivity index (χ0n) is 16.7. The Kier molecular flexibility index (Phi) is 5.56. The number of pyridine rings is 2. The summed E-state index contributed by atoms with van der Waals surface area (Å²) in [4.78, 5) is 33.0. The number of nitrogens with zero attached hydrogens (tertiary/aromatic N) is 3. The minimum Gasteiger partial charge on any atom is -0.496 e. The van der Waals surface area contributed by atoms with Crippen molar-refractivity contribution in [2.24, 2.45) is 0 Å². The van der Waals surface area contributed by atoms with E-state index < -0.39 is 17.2 Å². The first kappa shape index (κ1) is 20.7. The molecule has 1 N–H and O–H groups in total. The van der Waals surface area contributed by atoms with Crippen LogP contribution in [0.4, 0.5) is 4.39 Å². The molecule has 0 spiro atoms. The molecule has 3 aromatic heterocycles. The SMILES string of the molecule is COc1cc2nc(F)c(C(C)Cl)cc2cc1CNC(=O)c1cc(=O)n2ccccc2n1. The average Bonchev–Trinajstić information content (AvgIpc) is 2.76. The molecule has 1 amide bonds. The maximum atomic E-state index is 14.2. The summed E-state index contributed by atoms with van der Waals surface area (Å²) >= 11 is 6.04. The number of ether oxygens (including phenoxy) is 1. The Balaban J connectivity index is 1.64. The van der Waals surface area contributed by atoms with Crippen LogP contribution in [0.2, 0.25) is 0 Å². The highest BCUT2D eigenvalue weighted by Crippen LogP contribution is 2.29. The van der Waals surface area contributed by atoms with Gasteiger partial charge in [0, 0.05) is 41.4 Å². The fourth-order valence-corrected chi connectivity index (χ4v) is 3.44. The van der Waals surface area contributed by atoms with E-state index in [9.17, 15) is 14.0 Å². The van der Waals surface area contributed by atoms with Crippen LogP contribution in [-0.4, -0.2) is 27.4 Å². The number of benzene rings is 1. The van der Waals surface area contributed by atoms with Gasteiger partial charge in [0.05, 0.1) is 18.0 Å². The molecule has 31 heavy (non-hydrogen) atoms. The summed E-state index contributed by atoms with van der Waals surface area (Å²) in [6.07, 6.45) is 1.58. The predicted octanol–water partition coefficient (Wildman–Crippen LogP) is 3.62. The zero-order chi connectivity index (χ0) is 22.1. The van der Waals surface area contributed by atoms with Crippen LogP contribution >= 0.6 is 11.6 Å². The maximum Gasteiger partial charge on any atom is 0.270 e. The van der Waals surface area contributed by atoms with Crippen LogP contribution in [0.25, 0.3) is 16.6 Å². The number of hydrogen-bond donors (Lipinski definition) is 1. The van der Waals surface area contributed by atoms with E-state index >= 15 is 0 Å². The number of carbonyl (C=O) groups excluding carboxylic acids is 1. The second-order valence-electron chi connectivity index (χ2n) is 6.93. The van der Waals surface area contributed by atoms with Gasteiger partial charge in [-0.2, -0.15) is 4.39 Å². The minimum atomic E-state index is -0.633. The lowest BCUT2D eigenvalue weighted by atomic mass is 10.1. The molecule has 0 radical (unpaired) electrons. The third-order valence-electron chi connectivity index (χ3n) is 4.87. The number of fused-ring (bicyclic) bond motifs is 2. The van der Waals surface area contributed by atoms with E-state index in [1.165, 1.54) is 17.6 Å². The maximum absolute atomic E-state index is 14.2. The topological polar surface area (TPSA) is 85.6 Å². The van der Waals surface area contributed by atoms with Crippen molar-refractivity contribution in [1.82, 2.24) is 19.7 Å². The number of nitrogens with one attached hydrogen (secondary N) is 1. The Morgan fingerprint density at radius 1 is 1.26 bits per heavy atom. The number of methoxy groups -OCH3 is 1. The van der Waals surface area contributed by atoms with Gasteiger partial charge in [-0.25, -0.2) is 9.97 Å². The Hall–Kier alpha value is -3.52. The molecule has 0 saturated heterocycles. The third-order valence-corrected chi connectivity index (χ3v) is 5.10. The molecule has 0 fully saturated rings. The molecule has 7 nitrogen and oxygen atoms in total. The number of carbonyl (C=O) groups is 1. The largest absolute Gasteiger partial charge is 0.496 e. The van der Waals surface area contributed by atoms with Crippen molar-refractivity contribution < 1.29 is 13.9 Å². The van der Waals surface area contributed by atoms with E-state index in [-0.39, 0.29) is 23.4 Å². The predicted molar refractivity (Wildman–Crippen MR) is 115 cm³/mol. The summed E-state index contributed by atoms with van der Waals surface area (Å²) in [7, 11) is 1.48. The number of alkyl halides is 1. The van der Waals surface area contributed by atoms with Gasteiger partial charge >= 0.3 is 0 Å². The number of rotatable bonds is 5. The molecule has 0 aliphatic carbocycles. The summed E-state index contributed by atoms with van der Waals surface area (Å²) in [6, 6.07) is 11.3. The molecule has 158 valence electrons. The van der Waals surface area contributed by atoms with Crippen LogP contribution in [0.15, 0.2) is 53.5 Å². The molecule has 4 rings (SSSR count). The van der Waals surface area contributed by atoms with Crippen LogP contribution in [0.3, 0.4) is 0 Å². The molecule has 1 atom stereocenters. The lowest BCUT2D eigenvalue weighted by Gasteiger charge is -2.13. The van der Waals surface area contributed by atoms with Crippen molar-refractivity contribution in [2.45, 2.75) is 18.8 Å². The summed E-state index contributed by atoms with van der Waals surface area (Å²) in [5.41, 5.74) is 1.39. The van der Waals surface area contributed by atoms with E-state index in [4.69, 9.17) is 16.3 Å². The van der Waals surface area contributed by atoms with Crippen molar-refractivity contribution in [2.75, 3.05) is 7.11 Å². The molecule has 4 aromatic rings. The monoisotopic (exact) mass is 440 g/mol. The highest BCUT2D eigenvalue weighted by Gasteiger charge is 2.16. The third kappa shape index (κ3) is 4.06. The first-order valence-corrected chi connectivity index (χ1v) is 9.89. The summed E-state index contributed by atoms with van der Waals surface area (Å²) in [5.74, 6) is -0.692. The standard InChI is InChI=1S/C22H18ClFN4O3/c1-12(23)15-8-13-7-14(18(31-2)9-16(13)27-21(15)24)11-25-22(30)17-10-20(29)28-6-4-3-5-19(28)26-17/h3-10,12H,11H2,1-2H3,(H,25,30). The van der Waals surface area contributed by atoms with Gasteiger partial charge in [0.2, 0.25) is 5.95 Å². The van der Waals surface area contributed by atoms with E-state index in [2.05, 4.69) is 15.3 Å².